The Kier molecular flexibility index (Phi) is 9.90. The van der Waals surface area contributed by atoms with Gasteiger partial charge in [0.05, 0.1) is 24.3 Å². The van der Waals surface area contributed by atoms with Crippen LogP contribution in [0.1, 0.15) is 44.2 Å². The molecule has 0 radical (unpaired) electrons. The smallest absolute Gasteiger partial charge is 0.337 e. The number of rotatable bonds is 10. The van der Waals surface area contributed by atoms with Gasteiger partial charge in [0, 0.05) is 16.3 Å². The topological polar surface area (TPSA) is 119 Å². The van der Waals surface area contributed by atoms with Gasteiger partial charge >= 0.3 is 11.9 Å². The summed E-state index contributed by atoms with van der Waals surface area (Å²) >= 11 is 8.85. The molecule has 1 atom stereocenters. The molecule has 9 nitrogen and oxygen atoms in total. The van der Waals surface area contributed by atoms with Crippen molar-refractivity contribution >= 4 is 63.3 Å². The van der Waals surface area contributed by atoms with E-state index in [-0.39, 0.29) is 22.0 Å². The molecule has 0 aliphatic carbocycles. The number of Topliss-reactive ketones (excluding diaryl/α,β-unsaturated/α-hetero) is 1. The van der Waals surface area contributed by atoms with Crippen LogP contribution in [-0.2, 0) is 26.7 Å². The Balaban J connectivity index is 1.33. The highest BCUT2D eigenvalue weighted by molar-refractivity contribution is 8.00. The molecule has 0 saturated carbocycles. The van der Waals surface area contributed by atoms with E-state index < -0.39 is 23.7 Å². The number of carbonyl (C=O) groups excluding carboxylic acids is 3. The predicted octanol–water partition coefficient (Wildman–Crippen LogP) is 7.78. The average Bonchev–Trinajstić information content (AvgIpc) is 3.68. The van der Waals surface area contributed by atoms with Crippen LogP contribution in [0.4, 0.5) is 5.13 Å². The lowest BCUT2D eigenvalue weighted by Gasteiger charge is -2.22. The minimum absolute atomic E-state index is 0.125. The number of benzene rings is 4. The van der Waals surface area contributed by atoms with E-state index in [9.17, 15) is 19.5 Å². The number of amides is 1. The number of halogens is 1. The van der Waals surface area contributed by atoms with Crippen molar-refractivity contribution in [2.75, 3.05) is 12.0 Å². The van der Waals surface area contributed by atoms with E-state index in [1.807, 2.05) is 49.4 Å². The summed E-state index contributed by atoms with van der Waals surface area (Å²) in [6, 6.07) is 27.3. The monoisotopic (exact) mass is 697 g/mol. The zero-order chi connectivity index (χ0) is 33.8. The molecule has 1 unspecified atom stereocenters. The fraction of sp³-hybridized carbons (Fsp3) is 0.139. The van der Waals surface area contributed by atoms with E-state index in [0.29, 0.717) is 38.6 Å². The van der Waals surface area contributed by atoms with Gasteiger partial charge in [-0.1, -0.05) is 89.3 Å². The van der Waals surface area contributed by atoms with Gasteiger partial charge in [0.25, 0.3) is 5.78 Å². The molecule has 1 N–H and O–H groups in total. The first-order valence-corrected chi connectivity index (χ1v) is 16.9. The lowest BCUT2D eigenvalue weighted by atomic mass is 9.94. The van der Waals surface area contributed by atoms with Crippen molar-refractivity contribution < 1.29 is 29.0 Å². The number of hydrogen-bond donors (Lipinski definition) is 1. The average molecular weight is 698 g/mol. The van der Waals surface area contributed by atoms with Gasteiger partial charge in [0.15, 0.2) is 4.34 Å². The van der Waals surface area contributed by atoms with E-state index in [4.69, 9.17) is 21.1 Å². The summed E-state index contributed by atoms with van der Waals surface area (Å²) in [5.74, 6) is -1.55. The number of thioether (sulfide) groups is 1. The zero-order valence-electron chi connectivity index (χ0n) is 25.8. The number of hydrogen-bond acceptors (Lipinski definition) is 10. The molecule has 5 aromatic rings. The highest BCUT2D eigenvalue weighted by Gasteiger charge is 2.48. The van der Waals surface area contributed by atoms with Crippen molar-refractivity contribution in [3.05, 3.63) is 141 Å². The number of anilines is 1. The van der Waals surface area contributed by atoms with Gasteiger partial charge in [-0.05, 0) is 71.6 Å². The summed E-state index contributed by atoms with van der Waals surface area (Å²) in [6.07, 6.45) is 0. The molecule has 1 amide bonds. The van der Waals surface area contributed by atoms with Gasteiger partial charge in [-0.2, -0.15) is 0 Å². The predicted molar refractivity (Wildman–Crippen MR) is 185 cm³/mol. The fourth-order valence-electron chi connectivity index (χ4n) is 5.18. The lowest BCUT2D eigenvalue weighted by molar-refractivity contribution is -0.132. The largest absolute Gasteiger partial charge is 0.507 e. The number of ether oxygens (including phenoxy) is 2. The van der Waals surface area contributed by atoms with E-state index in [2.05, 4.69) is 10.2 Å². The van der Waals surface area contributed by atoms with Crippen LogP contribution in [-0.4, -0.2) is 40.1 Å². The van der Waals surface area contributed by atoms with Gasteiger partial charge in [0.2, 0.25) is 5.13 Å². The number of nitrogens with zero attached hydrogens (tertiary/aromatic N) is 3. The van der Waals surface area contributed by atoms with Crippen molar-refractivity contribution in [2.45, 2.75) is 29.7 Å². The molecule has 6 rings (SSSR count). The second kappa shape index (κ2) is 14.4. The number of carbonyl (C=O) groups is 3. The Hall–Kier alpha value is -4.97. The summed E-state index contributed by atoms with van der Waals surface area (Å²) in [7, 11) is 1.28. The number of aryl methyl sites for hydroxylation is 1. The van der Waals surface area contributed by atoms with Crippen molar-refractivity contribution in [3.8, 4) is 5.75 Å². The molecule has 1 aromatic heterocycles. The molecule has 12 heteroatoms. The molecule has 4 aromatic carbocycles. The molecule has 242 valence electrons. The zero-order valence-corrected chi connectivity index (χ0v) is 28.1. The Bertz CT molecular complexity index is 2030. The summed E-state index contributed by atoms with van der Waals surface area (Å²) in [4.78, 5) is 40.7. The summed E-state index contributed by atoms with van der Waals surface area (Å²) in [5, 5.41) is 20.9. The van der Waals surface area contributed by atoms with Crippen molar-refractivity contribution in [2.24, 2.45) is 0 Å². The number of methoxy groups -OCH3 is 1. The van der Waals surface area contributed by atoms with E-state index >= 15 is 0 Å². The minimum atomic E-state index is -1.05. The van der Waals surface area contributed by atoms with Crippen LogP contribution in [0.3, 0.4) is 0 Å². The highest BCUT2D eigenvalue weighted by Crippen LogP contribution is 2.44. The molecule has 0 bridgehead atoms. The summed E-state index contributed by atoms with van der Waals surface area (Å²) in [5.41, 5.74) is 4.03. The standard InChI is InChI=1S/C36H28ClN3O6S2/c1-21-7-3-4-8-25(21)19-46-27-17-15-23(16-18-27)31(41)29-30(22-11-13-24(14-12-22)34(44)45-2)40(33(43)32(29)42)35-38-39-36(48-35)47-20-26-9-5-6-10-28(26)37/h3-18,30,41H,19-20H2,1-2H3. The van der Waals surface area contributed by atoms with Gasteiger partial charge in [-0.3, -0.25) is 14.5 Å². The second-order valence-electron chi connectivity index (χ2n) is 10.8. The number of aliphatic hydroxyl groups is 1. The van der Waals surface area contributed by atoms with Crippen molar-refractivity contribution in [3.63, 3.8) is 0 Å². The molecule has 1 aliphatic rings. The third kappa shape index (κ3) is 6.84. The Morgan fingerprint density at radius 1 is 0.917 bits per heavy atom. The molecular weight excluding hydrogens is 670 g/mol. The van der Waals surface area contributed by atoms with Crippen LogP contribution in [0.2, 0.25) is 5.02 Å². The molecule has 1 saturated heterocycles. The van der Waals surface area contributed by atoms with Crippen LogP contribution in [0.15, 0.2) is 107 Å². The van der Waals surface area contributed by atoms with Crippen LogP contribution in [0, 0.1) is 6.92 Å². The maximum Gasteiger partial charge on any atom is 0.337 e. The molecule has 1 aliphatic heterocycles. The number of aromatic nitrogens is 2. The first-order chi connectivity index (χ1) is 23.2. The van der Waals surface area contributed by atoms with Crippen LogP contribution >= 0.6 is 34.7 Å². The minimum Gasteiger partial charge on any atom is -0.507 e. The molecule has 0 spiro atoms. The fourth-order valence-corrected chi connectivity index (χ4v) is 7.33. The number of esters is 1. The maximum absolute atomic E-state index is 13.7. The van der Waals surface area contributed by atoms with E-state index in [1.54, 1.807) is 42.5 Å². The van der Waals surface area contributed by atoms with Gasteiger partial charge in [-0.25, -0.2) is 4.79 Å². The Labute approximate surface area is 289 Å². The maximum atomic E-state index is 13.7. The first-order valence-electron chi connectivity index (χ1n) is 14.7. The van der Waals surface area contributed by atoms with Crippen molar-refractivity contribution in [1.82, 2.24) is 10.2 Å². The number of ketones is 1. The normalized spacial score (nSPS) is 15.5. The van der Waals surface area contributed by atoms with Gasteiger partial charge < -0.3 is 14.6 Å². The lowest BCUT2D eigenvalue weighted by Crippen LogP contribution is -2.29. The van der Waals surface area contributed by atoms with Gasteiger partial charge in [0.1, 0.15) is 18.1 Å². The van der Waals surface area contributed by atoms with Crippen LogP contribution < -0.4 is 9.64 Å². The van der Waals surface area contributed by atoms with Crippen LogP contribution in [0.5, 0.6) is 5.75 Å². The Morgan fingerprint density at radius 2 is 1.58 bits per heavy atom. The Morgan fingerprint density at radius 3 is 2.27 bits per heavy atom. The number of aliphatic hydroxyl groups excluding tert-OH is 1. The SMILES string of the molecule is COC(=O)c1ccc(C2C(=C(O)c3ccc(OCc4ccccc4C)cc3)C(=O)C(=O)N2c2nnc(SCc3ccccc3Cl)s2)cc1. The third-order valence-electron chi connectivity index (χ3n) is 7.79. The molecule has 48 heavy (non-hydrogen) atoms. The van der Waals surface area contributed by atoms with Crippen molar-refractivity contribution in [1.29, 1.82) is 0 Å². The first kappa shape index (κ1) is 33.0. The second-order valence-corrected chi connectivity index (χ2v) is 13.3. The summed E-state index contributed by atoms with van der Waals surface area (Å²) in [6.45, 7) is 2.38. The molecule has 1 fully saturated rings. The molecule has 2 heterocycles. The third-order valence-corrected chi connectivity index (χ3v) is 10.3. The van der Waals surface area contributed by atoms with E-state index in [1.165, 1.54) is 35.9 Å². The summed E-state index contributed by atoms with van der Waals surface area (Å²) < 4.78 is 11.3. The quantitative estimate of drug-likeness (QED) is 0.0390. The van der Waals surface area contributed by atoms with Crippen LogP contribution in [0.25, 0.3) is 5.76 Å². The highest BCUT2D eigenvalue weighted by atomic mass is 35.5. The molecular formula is C36H28ClN3O6S2. The van der Waals surface area contributed by atoms with Gasteiger partial charge in [-0.15, -0.1) is 10.2 Å². The van der Waals surface area contributed by atoms with E-state index in [0.717, 1.165) is 28.0 Å².